The van der Waals surface area contributed by atoms with Gasteiger partial charge in [0.25, 0.3) is 5.91 Å². The molecule has 0 aromatic heterocycles. The minimum absolute atomic E-state index is 0.00798. The number of carbonyl (C=O) groups excluding carboxylic acids is 3. The number of carbonyl (C=O) groups is 4. The van der Waals surface area contributed by atoms with Gasteiger partial charge in [0.1, 0.15) is 6.61 Å². The summed E-state index contributed by atoms with van der Waals surface area (Å²) in [6, 6.07) is 14.1. The lowest BCUT2D eigenvalue weighted by atomic mass is 9.69. The number of carboxylic acids is 1. The minimum Gasteiger partial charge on any atom is -0.481 e. The lowest BCUT2D eigenvalue weighted by Gasteiger charge is -2.37. The Balaban J connectivity index is 1.41. The molecule has 184 valence electrons. The predicted molar refractivity (Wildman–Crippen MR) is 126 cm³/mol. The molecule has 1 fully saturated rings. The first-order valence-corrected chi connectivity index (χ1v) is 11.7. The molecule has 1 unspecified atom stereocenters. The van der Waals surface area contributed by atoms with Crippen LogP contribution in [0.4, 0.5) is 4.79 Å². The molecule has 2 aliphatic carbocycles. The van der Waals surface area contributed by atoms with E-state index in [4.69, 9.17) is 9.47 Å². The summed E-state index contributed by atoms with van der Waals surface area (Å²) >= 11 is 0. The van der Waals surface area contributed by atoms with Crippen LogP contribution in [0.15, 0.2) is 48.5 Å². The molecule has 2 aromatic carbocycles. The Labute approximate surface area is 202 Å². The van der Waals surface area contributed by atoms with Gasteiger partial charge < -0.3 is 19.9 Å². The van der Waals surface area contributed by atoms with Crippen LogP contribution in [-0.4, -0.2) is 54.8 Å². The number of benzene rings is 2. The molecule has 35 heavy (non-hydrogen) atoms. The highest BCUT2D eigenvalue weighted by atomic mass is 16.6. The monoisotopic (exact) mass is 480 g/mol. The number of esters is 1. The average Bonchev–Trinajstić information content (AvgIpc) is 3.14. The highest BCUT2D eigenvalue weighted by Crippen LogP contribution is 2.44. The quantitative estimate of drug-likeness (QED) is 0.372. The number of aliphatic carboxylic acids is 1. The van der Waals surface area contributed by atoms with Gasteiger partial charge in [0, 0.05) is 12.5 Å². The van der Waals surface area contributed by atoms with Crippen LogP contribution in [0.2, 0.25) is 0 Å². The first kappa shape index (κ1) is 24.3. The Morgan fingerprint density at radius 1 is 1.00 bits per heavy atom. The summed E-state index contributed by atoms with van der Waals surface area (Å²) in [6.45, 7) is 1.46. The fraction of sp³-hybridized carbons (Fsp3) is 0.385. The highest BCUT2D eigenvalue weighted by Gasteiger charge is 2.45. The van der Waals surface area contributed by atoms with Crippen molar-refractivity contribution in [3.63, 3.8) is 0 Å². The van der Waals surface area contributed by atoms with Gasteiger partial charge in [-0.1, -0.05) is 55.0 Å². The first-order chi connectivity index (χ1) is 16.9. The van der Waals surface area contributed by atoms with E-state index in [1.807, 2.05) is 48.5 Å². The lowest BCUT2D eigenvalue weighted by molar-refractivity contribution is -0.154. The number of fused-ring (bicyclic) bond motifs is 3. The molecule has 9 heteroatoms. The number of alkyl carbamates (subject to hydrolysis) is 1. The van der Waals surface area contributed by atoms with Crippen LogP contribution >= 0.6 is 0 Å². The molecular weight excluding hydrogens is 452 g/mol. The topological polar surface area (TPSA) is 131 Å². The molecule has 3 N–H and O–H groups in total. The van der Waals surface area contributed by atoms with Crippen molar-refractivity contribution in [2.75, 3.05) is 19.8 Å². The normalized spacial score (nSPS) is 16.1. The highest BCUT2D eigenvalue weighted by molar-refractivity contribution is 6.04. The fourth-order valence-electron chi connectivity index (χ4n) is 4.64. The Morgan fingerprint density at radius 3 is 2.11 bits per heavy atom. The molecule has 0 saturated heterocycles. The molecule has 0 spiro atoms. The maximum atomic E-state index is 12.7. The third kappa shape index (κ3) is 4.84. The second kappa shape index (κ2) is 10.2. The number of hydrogen-bond donors (Lipinski definition) is 3. The van der Waals surface area contributed by atoms with Crippen LogP contribution in [0.25, 0.3) is 11.1 Å². The molecule has 2 amide bonds. The van der Waals surface area contributed by atoms with Crippen molar-refractivity contribution in [3.8, 4) is 11.1 Å². The van der Waals surface area contributed by atoms with Crippen molar-refractivity contribution in [3.05, 3.63) is 59.7 Å². The van der Waals surface area contributed by atoms with Gasteiger partial charge >= 0.3 is 18.0 Å². The molecule has 0 heterocycles. The predicted octanol–water partition coefficient (Wildman–Crippen LogP) is 2.83. The van der Waals surface area contributed by atoms with Gasteiger partial charge in [-0.05, 0) is 42.0 Å². The zero-order valence-electron chi connectivity index (χ0n) is 19.4. The fourth-order valence-corrected chi connectivity index (χ4v) is 4.64. The van der Waals surface area contributed by atoms with Crippen molar-refractivity contribution in [2.45, 2.75) is 38.1 Å². The number of hydrogen-bond acceptors (Lipinski definition) is 6. The Kier molecular flexibility index (Phi) is 7.04. The van der Waals surface area contributed by atoms with Crippen molar-refractivity contribution in [1.82, 2.24) is 10.6 Å². The molecular formula is C26H28N2O7. The van der Waals surface area contributed by atoms with Crippen molar-refractivity contribution in [1.29, 1.82) is 0 Å². The van der Waals surface area contributed by atoms with Gasteiger partial charge in [-0.2, -0.15) is 0 Å². The number of amides is 2. The molecule has 2 aromatic rings. The SMILES string of the molecule is CCOC(=O)C(NC(=O)OCC1c2ccccc2-c2ccccc21)C(=O)NCC1(C(=O)O)CCC1. The van der Waals surface area contributed by atoms with Crippen molar-refractivity contribution < 1.29 is 33.8 Å². The van der Waals surface area contributed by atoms with Crippen LogP contribution < -0.4 is 10.6 Å². The summed E-state index contributed by atoms with van der Waals surface area (Å²) in [6.07, 6.45) is 0.678. The van der Waals surface area contributed by atoms with E-state index in [9.17, 15) is 24.3 Å². The van der Waals surface area contributed by atoms with Gasteiger partial charge in [0.05, 0.1) is 12.0 Å². The van der Waals surface area contributed by atoms with Crippen LogP contribution in [0.3, 0.4) is 0 Å². The van der Waals surface area contributed by atoms with Crippen LogP contribution in [0.1, 0.15) is 43.2 Å². The maximum absolute atomic E-state index is 12.7. The summed E-state index contributed by atoms with van der Waals surface area (Å²) < 4.78 is 10.4. The lowest BCUT2D eigenvalue weighted by Crippen LogP contribution is -2.55. The summed E-state index contributed by atoms with van der Waals surface area (Å²) in [5, 5.41) is 14.2. The third-order valence-electron chi connectivity index (χ3n) is 6.76. The third-order valence-corrected chi connectivity index (χ3v) is 6.76. The largest absolute Gasteiger partial charge is 0.481 e. The van der Waals surface area contributed by atoms with E-state index in [1.165, 1.54) is 0 Å². The average molecular weight is 481 g/mol. The number of rotatable bonds is 9. The van der Waals surface area contributed by atoms with E-state index in [-0.39, 0.29) is 25.7 Å². The van der Waals surface area contributed by atoms with E-state index in [0.29, 0.717) is 12.8 Å². The van der Waals surface area contributed by atoms with Crippen molar-refractivity contribution in [2.24, 2.45) is 5.41 Å². The van der Waals surface area contributed by atoms with E-state index < -0.39 is 35.4 Å². The molecule has 2 aliphatic rings. The molecule has 4 rings (SSSR count). The van der Waals surface area contributed by atoms with Gasteiger partial charge in [-0.3, -0.25) is 14.9 Å². The smallest absolute Gasteiger partial charge is 0.408 e. The van der Waals surface area contributed by atoms with Gasteiger partial charge in [0.15, 0.2) is 0 Å². The van der Waals surface area contributed by atoms with Crippen LogP contribution in [-0.2, 0) is 23.9 Å². The van der Waals surface area contributed by atoms with E-state index >= 15 is 0 Å². The second-order valence-electron chi connectivity index (χ2n) is 8.81. The Morgan fingerprint density at radius 2 is 1.60 bits per heavy atom. The number of ether oxygens (including phenoxy) is 2. The second-order valence-corrected chi connectivity index (χ2v) is 8.81. The number of carboxylic acid groups (broad SMARTS) is 1. The van der Waals surface area contributed by atoms with Crippen LogP contribution in [0.5, 0.6) is 0 Å². The summed E-state index contributed by atoms with van der Waals surface area (Å²) in [5.74, 6) is -2.97. The molecule has 0 bridgehead atoms. The summed E-state index contributed by atoms with van der Waals surface area (Å²) in [5.41, 5.74) is 3.16. The van der Waals surface area contributed by atoms with Crippen LogP contribution in [0, 0.1) is 5.41 Å². The summed E-state index contributed by atoms with van der Waals surface area (Å²) in [4.78, 5) is 49.3. The van der Waals surface area contributed by atoms with E-state index in [1.54, 1.807) is 6.92 Å². The summed E-state index contributed by atoms with van der Waals surface area (Å²) in [7, 11) is 0. The molecule has 1 saturated carbocycles. The zero-order chi connectivity index (χ0) is 25.0. The molecule has 9 nitrogen and oxygen atoms in total. The first-order valence-electron chi connectivity index (χ1n) is 11.7. The van der Waals surface area contributed by atoms with Gasteiger partial charge in [-0.25, -0.2) is 9.59 Å². The molecule has 0 radical (unpaired) electrons. The molecule has 0 aliphatic heterocycles. The Hall–Kier alpha value is -3.88. The zero-order valence-corrected chi connectivity index (χ0v) is 19.4. The van der Waals surface area contributed by atoms with E-state index in [0.717, 1.165) is 28.7 Å². The van der Waals surface area contributed by atoms with Gasteiger partial charge in [0.2, 0.25) is 6.04 Å². The van der Waals surface area contributed by atoms with E-state index in [2.05, 4.69) is 10.6 Å². The molecule has 1 atom stereocenters. The Bertz CT molecular complexity index is 1100. The standard InChI is InChI=1S/C26H28N2O7/c1-2-34-23(30)21(22(29)27-15-26(24(31)32)12-7-13-26)28-25(33)35-14-20-18-10-5-3-8-16(18)17-9-4-6-11-19(17)20/h3-6,8-11,20-21H,2,7,12-15H2,1H3,(H,27,29)(H,28,33)(H,31,32). The maximum Gasteiger partial charge on any atom is 0.408 e. The number of nitrogens with one attached hydrogen (secondary N) is 2. The minimum atomic E-state index is -1.66. The van der Waals surface area contributed by atoms with Crippen molar-refractivity contribution >= 4 is 23.9 Å². The van der Waals surface area contributed by atoms with Gasteiger partial charge in [-0.15, -0.1) is 0 Å².